The van der Waals surface area contributed by atoms with Crippen LogP contribution in [0.4, 0.5) is 14.5 Å². The minimum absolute atomic E-state index is 0.0175. The number of ketones is 1. The number of Topliss-reactive ketones (excluding diaryl/α,β-unsaturated/α-hetero) is 1. The van der Waals surface area contributed by atoms with Crippen molar-refractivity contribution in [2.45, 2.75) is 19.9 Å². The largest absolute Gasteiger partial charge is 0.507 e. The molecule has 6 heteroatoms. The number of amides is 1. The normalized spacial score (nSPS) is 17.4. The molecule has 1 fully saturated rings. The van der Waals surface area contributed by atoms with E-state index in [4.69, 9.17) is 0 Å². The topological polar surface area (TPSA) is 57.6 Å². The second kappa shape index (κ2) is 8.47. The molecule has 1 heterocycles. The lowest BCUT2D eigenvalue weighted by Crippen LogP contribution is -2.29. The van der Waals surface area contributed by atoms with E-state index in [1.807, 2.05) is 49.4 Å². The summed E-state index contributed by atoms with van der Waals surface area (Å²) >= 11 is 0. The van der Waals surface area contributed by atoms with Gasteiger partial charge in [0.05, 0.1) is 11.6 Å². The maximum absolute atomic E-state index is 14.2. The molecule has 1 atom stereocenters. The number of fused-ring (bicyclic) bond motifs is 1. The molecule has 0 aromatic heterocycles. The van der Waals surface area contributed by atoms with Crippen LogP contribution in [0, 0.1) is 25.5 Å². The van der Waals surface area contributed by atoms with Crippen molar-refractivity contribution in [3.05, 3.63) is 118 Å². The van der Waals surface area contributed by atoms with Gasteiger partial charge in [0.15, 0.2) is 11.6 Å². The summed E-state index contributed by atoms with van der Waals surface area (Å²) in [6, 6.07) is 20.4. The van der Waals surface area contributed by atoms with Gasteiger partial charge in [-0.1, -0.05) is 60.2 Å². The molecule has 1 unspecified atom stereocenters. The maximum Gasteiger partial charge on any atom is 0.300 e. The summed E-state index contributed by atoms with van der Waals surface area (Å²) in [6.45, 7) is 3.66. The average molecular weight is 469 g/mol. The predicted molar refractivity (Wildman–Crippen MR) is 131 cm³/mol. The Labute approximate surface area is 200 Å². The van der Waals surface area contributed by atoms with Crippen molar-refractivity contribution >= 4 is 33.9 Å². The second-order valence-corrected chi connectivity index (χ2v) is 8.65. The molecule has 174 valence electrons. The summed E-state index contributed by atoms with van der Waals surface area (Å²) in [5, 5.41) is 13.1. The Morgan fingerprint density at radius 3 is 2.37 bits per heavy atom. The van der Waals surface area contributed by atoms with Crippen LogP contribution in [0.15, 0.2) is 84.4 Å². The van der Waals surface area contributed by atoms with E-state index in [9.17, 15) is 23.5 Å². The third-order valence-corrected chi connectivity index (χ3v) is 6.39. The van der Waals surface area contributed by atoms with Crippen LogP contribution >= 0.6 is 0 Å². The number of anilines is 1. The number of aliphatic hydroxyl groups excluding tert-OH is 1. The van der Waals surface area contributed by atoms with Gasteiger partial charge in [-0.2, -0.15) is 0 Å². The third kappa shape index (κ3) is 3.67. The Bertz CT molecular complexity index is 1550. The predicted octanol–water partition coefficient (Wildman–Crippen LogP) is 6.36. The van der Waals surface area contributed by atoms with Crippen LogP contribution < -0.4 is 4.90 Å². The van der Waals surface area contributed by atoms with Gasteiger partial charge in [-0.25, -0.2) is 8.78 Å². The fraction of sp³-hybridized carbons (Fsp3) is 0.103. The molecule has 0 aliphatic carbocycles. The van der Waals surface area contributed by atoms with Crippen LogP contribution in [-0.2, 0) is 9.59 Å². The molecule has 1 saturated heterocycles. The Balaban J connectivity index is 1.84. The van der Waals surface area contributed by atoms with Crippen LogP contribution in [0.2, 0.25) is 0 Å². The lowest BCUT2D eigenvalue weighted by molar-refractivity contribution is -0.132. The van der Waals surface area contributed by atoms with Gasteiger partial charge in [0.25, 0.3) is 11.7 Å². The van der Waals surface area contributed by atoms with Crippen LogP contribution in [0.5, 0.6) is 0 Å². The van der Waals surface area contributed by atoms with E-state index in [2.05, 4.69) is 0 Å². The van der Waals surface area contributed by atoms with Crippen molar-refractivity contribution in [2.24, 2.45) is 0 Å². The molecular weight excluding hydrogens is 448 g/mol. The van der Waals surface area contributed by atoms with Crippen LogP contribution in [0.25, 0.3) is 16.5 Å². The Kier molecular flexibility index (Phi) is 5.44. The van der Waals surface area contributed by atoms with E-state index in [-0.39, 0.29) is 17.0 Å². The summed E-state index contributed by atoms with van der Waals surface area (Å²) in [6.07, 6.45) is 0. The minimum atomic E-state index is -1.14. The molecule has 0 spiro atoms. The molecule has 1 N–H and O–H groups in total. The first-order chi connectivity index (χ1) is 16.8. The maximum atomic E-state index is 14.2. The fourth-order valence-corrected chi connectivity index (χ4v) is 4.65. The van der Waals surface area contributed by atoms with Gasteiger partial charge in [-0.15, -0.1) is 0 Å². The SMILES string of the molecule is Cc1ccc(C)c(/C(O)=C2\C(=O)C(=O)N(c3ccc(F)c(F)c3)C2c2cccc3ccccc23)c1. The molecular formula is C29H21F2NO3. The third-order valence-electron chi connectivity index (χ3n) is 6.39. The number of carbonyl (C=O) groups excluding carboxylic acids is 2. The quantitative estimate of drug-likeness (QED) is 0.216. The summed E-state index contributed by atoms with van der Waals surface area (Å²) in [7, 11) is 0. The second-order valence-electron chi connectivity index (χ2n) is 8.65. The zero-order valence-electron chi connectivity index (χ0n) is 19.0. The van der Waals surface area contributed by atoms with Crippen molar-refractivity contribution in [2.75, 3.05) is 4.90 Å². The van der Waals surface area contributed by atoms with Crippen LogP contribution in [0.3, 0.4) is 0 Å². The van der Waals surface area contributed by atoms with Gasteiger partial charge < -0.3 is 5.11 Å². The lowest BCUT2D eigenvalue weighted by Gasteiger charge is -2.26. The van der Waals surface area contributed by atoms with E-state index in [0.29, 0.717) is 11.1 Å². The van der Waals surface area contributed by atoms with Crippen molar-refractivity contribution in [3.8, 4) is 0 Å². The smallest absolute Gasteiger partial charge is 0.300 e. The molecule has 0 bridgehead atoms. The molecule has 4 nitrogen and oxygen atoms in total. The molecule has 35 heavy (non-hydrogen) atoms. The van der Waals surface area contributed by atoms with E-state index < -0.39 is 29.4 Å². The Morgan fingerprint density at radius 2 is 1.60 bits per heavy atom. The molecule has 0 saturated carbocycles. The first-order valence-corrected chi connectivity index (χ1v) is 11.1. The number of hydrogen-bond acceptors (Lipinski definition) is 3. The molecule has 1 aliphatic rings. The van der Waals surface area contributed by atoms with Gasteiger partial charge in [0, 0.05) is 17.3 Å². The highest BCUT2D eigenvalue weighted by Gasteiger charge is 2.47. The van der Waals surface area contributed by atoms with E-state index in [1.165, 1.54) is 6.07 Å². The molecule has 4 aromatic rings. The number of aliphatic hydroxyl groups is 1. The number of rotatable bonds is 3. The van der Waals surface area contributed by atoms with Crippen LogP contribution in [0.1, 0.15) is 28.3 Å². The van der Waals surface area contributed by atoms with Gasteiger partial charge in [-0.05, 0) is 53.9 Å². The zero-order valence-corrected chi connectivity index (χ0v) is 19.0. The summed E-state index contributed by atoms with van der Waals surface area (Å²) in [4.78, 5) is 27.9. The number of aryl methyl sites for hydroxylation is 2. The average Bonchev–Trinajstić information content (AvgIpc) is 3.11. The van der Waals surface area contributed by atoms with Crippen molar-refractivity contribution in [1.29, 1.82) is 0 Å². The Morgan fingerprint density at radius 1 is 0.857 bits per heavy atom. The first kappa shape index (κ1) is 22.5. The number of carbonyl (C=O) groups is 2. The Hall–Kier alpha value is -4.32. The number of halogens is 2. The zero-order chi connectivity index (χ0) is 24.9. The van der Waals surface area contributed by atoms with E-state index in [0.717, 1.165) is 38.9 Å². The number of hydrogen-bond donors (Lipinski definition) is 1. The highest BCUT2D eigenvalue weighted by atomic mass is 19.2. The molecule has 5 rings (SSSR count). The standard InChI is InChI=1S/C29H21F2NO3/c1-16-10-11-17(2)22(14-16)27(33)25-26(21-9-5-7-18-6-3-4-8-20(18)21)32(29(35)28(25)34)19-12-13-23(30)24(31)15-19/h3-15,26,33H,1-2H3/b27-25+. The monoisotopic (exact) mass is 469 g/mol. The minimum Gasteiger partial charge on any atom is -0.507 e. The summed E-state index contributed by atoms with van der Waals surface area (Å²) in [5.41, 5.74) is 2.52. The number of benzene rings is 4. The molecule has 4 aromatic carbocycles. The first-order valence-electron chi connectivity index (χ1n) is 11.1. The van der Waals surface area contributed by atoms with Crippen molar-refractivity contribution < 1.29 is 23.5 Å². The molecule has 0 radical (unpaired) electrons. The van der Waals surface area contributed by atoms with Gasteiger partial charge in [0.2, 0.25) is 0 Å². The van der Waals surface area contributed by atoms with Crippen molar-refractivity contribution in [3.63, 3.8) is 0 Å². The van der Waals surface area contributed by atoms with Gasteiger partial charge in [0.1, 0.15) is 5.76 Å². The summed E-state index contributed by atoms with van der Waals surface area (Å²) < 4.78 is 27.9. The van der Waals surface area contributed by atoms with Crippen LogP contribution in [-0.4, -0.2) is 16.8 Å². The van der Waals surface area contributed by atoms with E-state index >= 15 is 0 Å². The molecule has 1 aliphatic heterocycles. The highest BCUT2D eigenvalue weighted by Crippen LogP contribution is 2.44. The van der Waals surface area contributed by atoms with E-state index in [1.54, 1.807) is 25.1 Å². The van der Waals surface area contributed by atoms with Crippen molar-refractivity contribution in [1.82, 2.24) is 0 Å². The van der Waals surface area contributed by atoms with Gasteiger partial charge in [-0.3, -0.25) is 14.5 Å². The highest BCUT2D eigenvalue weighted by molar-refractivity contribution is 6.52. The molecule has 1 amide bonds. The summed E-state index contributed by atoms with van der Waals surface area (Å²) in [5.74, 6) is -4.35. The van der Waals surface area contributed by atoms with Gasteiger partial charge >= 0.3 is 0 Å². The number of nitrogens with zero attached hydrogens (tertiary/aromatic N) is 1. The lowest BCUT2D eigenvalue weighted by atomic mass is 9.90. The fourth-order valence-electron chi connectivity index (χ4n) is 4.65.